The van der Waals surface area contributed by atoms with Crippen molar-refractivity contribution in [3.05, 3.63) is 35.7 Å². The van der Waals surface area contributed by atoms with E-state index >= 15 is 0 Å². The minimum Gasteiger partial charge on any atom is -0.366 e. The van der Waals surface area contributed by atoms with Crippen LogP contribution in [0.1, 0.15) is 5.56 Å². The SMILES string of the molecule is NC(=O)C1=CN(CC(F)(F)F)c2ncccc2C1. The summed E-state index contributed by atoms with van der Waals surface area (Å²) in [4.78, 5) is 15.9. The van der Waals surface area contributed by atoms with Gasteiger partial charge in [0.05, 0.1) is 0 Å². The fraction of sp³-hybridized carbons (Fsp3) is 0.273. The van der Waals surface area contributed by atoms with Crippen LogP contribution in [0.4, 0.5) is 19.0 Å². The van der Waals surface area contributed by atoms with E-state index in [1.165, 1.54) is 6.20 Å². The summed E-state index contributed by atoms with van der Waals surface area (Å²) < 4.78 is 37.3. The molecule has 0 saturated carbocycles. The molecule has 1 aromatic heterocycles. The standard InChI is InChI=1S/C11H10F3N3O/c12-11(13,14)6-17-5-8(9(15)18)4-7-2-1-3-16-10(7)17/h1-3,5H,4,6H2,(H2,15,18). The van der Waals surface area contributed by atoms with Crippen LogP contribution in [0.25, 0.3) is 0 Å². The van der Waals surface area contributed by atoms with E-state index in [-0.39, 0.29) is 17.8 Å². The molecule has 1 aliphatic heterocycles. The monoisotopic (exact) mass is 257 g/mol. The molecular weight excluding hydrogens is 247 g/mol. The minimum absolute atomic E-state index is 0.139. The van der Waals surface area contributed by atoms with Crippen LogP contribution in [0.3, 0.4) is 0 Å². The number of primary amides is 1. The Hall–Kier alpha value is -2.05. The summed E-state index contributed by atoms with van der Waals surface area (Å²) in [6.07, 6.45) is -1.66. The first kappa shape index (κ1) is 12.4. The maximum atomic E-state index is 12.4. The first-order valence-electron chi connectivity index (χ1n) is 5.14. The number of carbonyl (C=O) groups is 1. The largest absolute Gasteiger partial charge is 0.406 e. The van der Waals surface area contributed by atoms with Crippen molar-refractivity contribution in [3.63, 3.8) is 0 Å². The molecule has 7 heteroatoms. The highest BCUT2D eigenvalue weighted by atomic mass is 19.4. The average Bonchev–Trinajstić information content (AvgIpc) is 2.26. The first-order valence-corrected chi connectivity index (χ1v) is 5.14. The Morgan fingerprint density at radius 3 is 2.83 bits per heavy atom. The molecule has 0 unspecified atom stereocenters. The topological polar surface area (TPSA) is 59.2 Å². The third-order valence-corrected chi connectivity index (χ3v) is 2.50. The van der Waals surface area contributed by atoms with Gasteiger partial charge in [-0.25, -0.2) is 4.98 Å². The van der Waals surface area contributed by atoms with Gasteiger partial charge >= 0.3 is 6.18 Å². The van der Waals surface area contributed by atoms with E-state index in [0.29, 0.717) is 5.56 Å². The summed E-state index contributed by atoms with van der Waals surface area (Å²) in [5.41, 5.74) is 5.81. The van der Waals surface area contributed by atoms with E-state index < -0.39 is 18.6 Å². The number of alkyl halides is 3. The molecule has 1 aromatic rings. The number of hydrogen-bond acceptors (Lipinski definition) is 3. The summed E-state index contributed by atoms with van der Waals surface area (Å²) >= 11 is 0. The van der Waals surface area contributed by atoms with Gasteiger partial charge in [0.2, 0.25) is 5.91 Å². The van der Waals surface area contributed by atoms with Gasteiger partial charge in [0.15, 0.2) is 0 Å². The van der Waals surface area contributed by atoms with Crippen molar-refractivity contribution in [2.24, 2.45) is 5.73 Å². The number of halogens is 3. The highest BCUT2D eigenvalue weighted by molar-refractivity contribution is 5.93. The molecule has 1 aliphatic rings. The Labute approximate surface area is 101 Å². The van der Waals surface area contributed by atoms with Gasteiger partial charge in [-0.2, -0.15) is 13.2 Å². The Bertz CT molecular complexity index is 511. The van der Waals surface area contributed by atoms with Crippen molar-refractivity contribution in [2.45, 2.75) is 12.6 Å². The molecule has 0 bridgehead atoms. The molecular formula is C11H10F3N3O. The number of anilines is 1. The fourth-order valence-electron chi connectivity index (χ4n) is 1.79. The van der Waals surface area contributed by atoms with Crippen molar-refractivity contribution in [3.8, 4) is 0 Å². The van der Waals surface area contributed by atoms with E-state index in [1.807, 2.05) is 0 Å². The van der Waals surface area contributed by atoms with Crippen LogP contribution in [-0.4, -0.2) is 23.6 Å². The number of hydrogen-bond donors (Lipinski definition) is 1. The molecule has 1 amide bonds. The molecule has 0 fully saturated rings. The van der Waals surface area contributed by atoms with Crippen molar-refractivity contribution < 1.29 is 18.0 Å². The van der Waals surface area contributed by atoms with Gasteiger partial charge < -0.3 is 10.6 Å². The predicted octanol–water partition coefficient (Wildman–Crippen LogP) is 1.38. The van der Waals surface area contributed by atoms with Crippen molar-refractivity contribution in [1.82, 2.24) is 4.98 Å². The molecule has 2 N–H and O–H groups in total. The summed E-state index contributed by atoms with van der Waals surface area (Å²) in [5, 5.41) is 0. The van der Waals surface area contributed by atoms with Gasteiger partial charge in [-0.05, 0) is 11.6 Å². The van der Waals surface area contributed by atoms with Gasteiger partial charge in [-0.1, -0.05) is 6.07 Å². The Morgan fingerprint density at radius 2 is 2.22 bits per heavy atom. The minimum atomic E-state index is -4.38. The lowest BCUT2D eigenvalue weighted by atomic mass is 10.0. The maximum Gasteiger partial charge on any atom is 0.406 e. The molecule has 0 aliphatic carbocycles. The molecule has 0 radical (unpaired) electrons. The summed E-state index contributed by atoms with van der Waals surface area (Å²) in [6, 6.07) is 3.23. The molecule has 18 heavy (non-hydrogen) atoms. The van der Waals surface area contributed by atoms with Crippen LogP contribution in [0.5, 0.6) is 0 Å². The number of nitrogens with zero attached hydrogens (tertiary/aromatic N) is 2. The molecule has 0 saturated heterocycles. The van der Waals surface area contributed by atoms with Gasteiger partial charge in [0, 0.05) is 24.4 Å². The number of amides is 1. The third-order valence-electron chi connectivity index (χ3n) is 2.50. The highest BCUT2D eigenvalue weighted by Crippen LogP contribution is 2.29. The molecule has 2 heterocycles. The Balaban J connectivity index is 2.39. The van der Waals surface area contributed by atoms with Crippen LogP contribution in [0, 0.1) is 0 Å². The van der Waals surface area contributed by atoms with Crippen molar-refractivity contribution in [1.29, 1.82) is 0 Å². The molecule has 96 valence electrons. The molecule has 0 atom stereocenters. The third kappa shape index (κ3) is 2.61. The number of nitrogens with two attached hydrogens (primary N) is 1. The smallest absolute Gasteiger partial charge is 0.366 e. The van der Waals surface area contributed by atoms with E-state index in [9.17, 15) is 18.0 Å². The molecule has 4 nitrogen and oxygen atoms in total. The first-order chi connectivity index (χ1) is 8.37. The average molecular weight is 257 g/mol. The van der Waals surface area contributed by atoms with Crippen LogP contribution in [0.15, 0.2) is 30.1 Å². The van der Waals surface area contributed by atoms with Gasteiger partial charge in [-0.3, -0.25) is 4.79 Å². The second kappa shape index (κ2) is 4.32. The molecule has 2 rings (SSSR count). The second-order valence-corrected chi connectivity index (χ2v) is 3.92. The highest BCUT2D eigenvalue weighted by Gasteiger charge is 2.33. The Kier molecular flexibility index (Phi) is 2.98. The zero-order chi connectivity index (χ0) is 13.3. The van der Waals surface area contributed by atoms with Crippen LogP contribution in [-0.2, 0) is 11.2 Å². The molecule has 0 aromatic carbocycles. The normalized spacial score (nSPS) is 15.1. The lowest BCUT2D eigenvalue weighted by molar-refractivity contribution is -0.119. The Morgan fingerprint density at radius 1 is 1.50 bits per heavy atom. The number of rotatable bonds is 2. The van der Waals surface area contributed by atoms with Crippen LogP contribution in [0.2, 0.25) is 0 Å². The predicted molar refractivity (Wildman–Crippen MR) is 58.6 cm³/mol. The van der Waals surface area contributed by atoms with Crippen molar-refractivity contribution in [2.75, 3.05) is 11.4 Å². The zero-order valence-electron chi connectivity index (χ0n) is 9.24. The maximum absolute atomic E-state index is 12.4. The fourth-order valence-corrected chi connectivity index (χ4v) is 1.79. The van der Waals surface area contributed by atoms with E-state index in [4.69, 9.17) is 5.73 Å². The quantitative estimate of drug-likeness (QED) is 0.870. The van der Waals surface area contributed by atoms with Gasteiger partial charge in [0.25, 0.3) is 0 Å². The number of carbonyl (C=O) groups excluding carboxylic acids is 1. The van der Waals surface area contributed by atoms with E-state index in [2.05, 4.69) is 4.98 Å². The lowest BCUT2D eigenvalue weighted by Crippen LogP contribution is -2.35. The van der Waals surface area contributed by atoms with Gasteiger partial charge in [0.1, 0.15) is 12.4 Å². The van der Waals surface area contributed by atoms with E-state index in [0.717, 1.165) is 11.1 Å². The number of pyridine rings is 1. The summed E-state index contributed by atoms with van der Waals surface area (Å²) in [5.74, 6) is -0.517. The van der Waals surface area contributed by atoms with Crippen molar-refractivity contribution >= 4 is 11.7 Å². The van der Waals surface area contributed by atoms with Crippen LogP contribution >= 0.6 is 0 Å². The zero-order valence-corrected chi connectivity index (χ0v) is 9.24. The lowest BCUT2D eigenvalue weighted by Gasteiger charge is -2.27. The van der Waals surface area contributed by atoms with Gasteiger partial charge in [-0.15, -0.1) is 0 Å². The van der Waals surface area contributed by atoms with E-state index in [1.54, 1.807) is 12.1 Å². The second-order valence-electron chi connectivity index (χ2n) is 3.92. The number of aromatic nitrogens is 1. The van der Waals surface area contributed by atoms with Crippen LogP contribution < -0.4 is 10.6 Å². The summed E-state index contributed by atoms with van der Waals surface area (Å²) in [7, 11) is 0. The summed E-state index contributed by atoms with van der Waals surface area (Å²) in [6.45, 7) is -1.20. The molecule has 0 spiro atoms. The number of fused-ring (bicyclic) bond motifs is 1.